The number of fused-ring (bicyclic) bond motifs is 11. The van der Waals surface area contributed by atoms with Gasteiger partial charge in [0.2, 0.25) is 6.71 Å². The Morgan fingerprint density at radius 3 is 1.96 bits per heavy atom. The van der Waals surface area contributed by atoms with Crippen LogP contribution in [0.3, 0.4) is 0 Å². The van der Waals surface area contributed by atoms with Crippen molar-refractivity contribution in [1.29, 1.82) is 0 Å². The van der Waals surface area contributed by atoms with Crippen LogP contribution < -0.4 is 16.4 Å². The third-order valence-corrected chi connectivity index (χ3v) is 12.1. The summed E-state index contributed by atoms with van der Waals surface area (Å²) in [5.74, 6) is 0. The molecule has 10 rings (SSSR count). The smallest absolute Gasteiger partial charge is 0.247 e. The maximum absolute atomic E-state index is 2.62. The molecule has 4 heterocycles. The minimum Gasteiger partial charge on any atom is -0.310 e. The molecule has 3 heteroatoms. The first-order chi connectivity index (χ1) is 23.9. The molecular weight excluding hydrogens is 603 g/mol. The standard InChI is InChI=1S/C47H43BN2/c1-45(2,3)28-21-23-38-32(25-28)31-22-24-39-41(44(31)49(38)30-15-10-9-11-16-30)33-26-29(46(4,5)6)27-37-43(33)50(39)40-20-14-18-35-42(40)48(37)36-19-13-12-17-34(36)47(35,7)8/h9-27H,1-8H3. The Morgan fingerprint density at radius 2 is 1.20 bits per heavy atom. The second kappa shape index (κ2) is 9.61. The van der Waals surface area contributed by atoms with Gasteiger partial charge >= 0.3 is 0 Å². The summed E-state index contributed by atoms with van der Waals surface area (Å²) in [5.41, 5.74) is 17.6. The molecule has 6 aromatic carbocycles. The van der Waals surface area contributed by atoms with E-state index in [-0.39, 0.29) is 23.0 Å². The van der Waals surface area contributed by atoms with Crippen LogP contribution in [-0.2, 0) is 16.2 Å². The van der Waals surface area contributed by atoms with Crippen LogP contribution in [0.2, 0.25) is 0 Å². The van der Waals surface area contributed by atoms with Crippen molar-refractivity contribution in [2.45, 2.75) is 71.6 Å². The van der Waals surface area contributed by atoms with Gasteiger partial charge in [-0.3, -0.25) is 0 Å². The first-order valence-corrected chi connectivity index (χ1v) is 18.2. The first-order valence-electron chi connectivity index (χ1n) is 18.2. The van der Waals surface area contributed by atoms with Crippen molar-refractivity contribution in [3.8, 4) is 11.4 Å². The Kier molecular flexibility index (Phi) is 5.74. The summed E-state index contributed by atoms with van der Waals surface area (Å²) in [6, 6.07) is 44.3. The molecule has 2 aromatic heterocycles. The number of para-hydroxylation sites is 1. The molecule has 0 atom stereocenters. The summed E-state index contributed by atoms with van der Waals surface area (Å²) in [5, 5.41) is 5.31. The molecule has 2 aliphatic rings. The third kappa shape index (κ3) is 3.76. The number of benzene rings is 6. The summed E-state index contributed by atoms with van der Waals surface area (Å²) in [6.45, 7) is 19.0. The fourth-order valence-corrected chi connectivity index (χ4v) is 9.52. The van der Waals surface area contributed by atoms with E-state index in [9.17, 15) is 0 Å². The average molecular weight is 647 g/mol. The van der Waals surface area contributed by atoms with Crippen LogP contribution in [-0.4, -0.2) is 15.8 Å². The van der Waals surface area contributed by atoms with E-state index in [2.05, 4.69) is 180 Å². The highest BCUT2D eigenvalue weighted by atomic mass is 15.0. The normalized spacial score (nSPS) is 14.9. The highest BCUT2D eigenvalue weighted by Gasteiger charge is 2.45. The second-order valence-electron chi connectivity index (χ2n) is 17.4. The predicted octanol–water partition coefficient (Wildman–Crippen LogP) is 9.94. The third-order valence-electron chi connectivity index (χ3n) is 12.1. The average Bonchev–Trinajstić information content (AvgIpc) is 3.61. The minimum atomic E-state index is -0.0998. The number of rotatable bonds is 1. The topological polar surface area (TPSA) is 9.86 Å². The fourth-order valence-electron chi connectivity index (χ4n) is 9.52. The van der Waals surface area contributed by atoms with Gasteiger partial charge in [-0.2, -0.15) is 0 Å². The Labute approximate surface area is 295 Å². The number of hydrogen-bond acceptors (Lipinski definition) is 0. The maximum atomic E-state index is 2.62. The van der Waals surface area contributed by atoms with Crippen molar-refractivity contribution in [2.75, 3.05) is 0 Å². The van der Waals surface area contributed by atoms with Gasteiger partial charge in [0.25, 0.3) is 0 Å². The van der Waals surface area contributed by atoms with Gasteiger partial charge in [0.05, 0.1) is 16.6 Å². The van der Waals surface area contributed by atoms with Crippen LogP contribution in [0.25, 0.3) is 55.0 Å². The quantitative estimate of drug-likeness (QED) is 0.157. The van der Waals surface area contributed by atoms with Crippen LogP contribution in [0, 0.1) is 0 Å². The van der Waals surface area contributed by atoms with Gasteiger partial charge in [-0.15, -0.1) is 0 Å². The van der Waals surface area contributed by atoms with Crippen molar-refractivity contribution >= 4 is 66.7 Å². The highest BCUT2D eigenvalue weighted by molar-refractivity contribution is 6.99. The monoisotopic (exact) mass is 646 g/mol. The number of hydrogen-bond donors (Lipinski definition) is 0. The summed E-state index contributed by atoms with van der Waals surface area (Å²) in [4.78, 5) is 0. The molecular formula is C47H43BN2. The van der Waals surface area contributed by atoms with E-state index < -0.39 is 0 Å². The van der Waals surface area contributed by atoms with Crippen LogP contribution in [0.4, 0.5) is 0 Å². The van der Waals surface area contributed by atoms with Crippen molar-refractivity contribution in [2.24, 2.45) is 0 Å². The lowest BCUT2D eigenvalue weighted by atomic mass is 9.30. The van der Waals surface area contributed by atoms with Crippen LogP contribution in [0.15, 0.2) is 115 Å². The van der Waals surface area contributed by atoms with Crippen molar-refractivity contribution in [1.82, 2.24) is 9.13 Å². The molecule has 2 aliphatic heterocycles. The molecule has 0 radical (unpaired) electrons. The Hall–Kier alpha value is -5.02. The molecule has 0 aliphatic carbocycles. The van der Waals surface area contributed by atoms with E-state index in [1.54, 1.807) is 0 Å². The predicted molar refractivity (Wildman–Crippen MR) is 216 cm³/mol. The zero-order valence-electron chi connectivity index (χ0n) is 30.4. The summed E-state index contributed by atoms with van der Waals surface area (Å²) in [7, 11) is 0. The molecule has 0 bridgehead atoms. The lowest BCUT2D eigenvalue weighted by Crippen LogP contribution is -2.63. The Balaban J connectivity index is 1.46. The Morgan fingerprint density at radius 1 is 0.520 bits per heavy atom. The van der Waals surface area contributed by atoms with Gasteiger partial charge in [0, 0.05) is 43.9 Å². The SMILES string of the molecule is CC(C)(C)c1ccc2c(c1)c1ccc3c(c4cc(C(C)(C)C)cc5c4n3-c3cccc4c3B5c3ccccc3C4(C)C)c1n2-c1ccccc1. The molecule has 8 aromatic rings. The van der Waals surface area contributed by atoms with E-state index in [0.717, 1.165) is 0 Å². The lowest BCUT2D eigenvalue weighted by Gasteiger charge is -2.42. The summed E-state index contributed by atoms with van der Waals surface area (Å²) >= 11 is 0. The van der Waals surface area contributed by atoms with E-state index in [1.165, 1.54) is 93.6 Å². The van der Waals surface area contributed by atoms with Gasteiger partial charge in [-0.25, -0.2) is 0 Å². The number of nitrogens with zero attached hydrogens (tertiary/aromatic N) is 2. The Bertz CT molecular complexity index is 2740. The van der Waals surface area contributed by atoms with Gasteiger partial charge in [0.1, 0.15) is 0 Å². The van der Waals surface area contributed by atoms with E-state index >= 15 is 0 Å². The van der Waals surface area contributed by atoms with Gasteiger partial charge in [-0.1, -0.05) is 134 Å². The summed E-state index contributed by atoms with van der Waals surface area (Å²) in [6.07, 6.45) is 0. The van der Waals surface area contributed by atoms with Gasteiger partial charge in [0.15, 0.2) is 0 Å². The molecule has 0 saturated carbocycles. The molecule has 0 spiro atoms. The van der Waals surface area contributed by atoms with Crippen molar-refractivity contribution in [3.05, 3.63) is 138 Å². The molecule has 0 amide bonds. The molecule has 0 saturated heterocycles. The van der Waals surface area contributed by atoms with Crippen LogP contribution in [0.1, 0.15) is 77.6 Å². The number of aromatic nitrogens is 2. The molecule has 244 valence electrons. The highest BCUT2D eigenvalue weighted by Crippen LogP contribution is 2.45. The first kappa shape index (κ1) is 29.9. The van der Waals surface area contributed by atoms with Gasteiger partial charge < -0.3 is 9.13 Å². The molecule has 0 fully saturated rings. The van der Waals surface area contributed by atoms with Crippen LogP contribution >= 0.6 is 0 Å². The van der Waals surface area contributed by atoms with Gasteiger partial charge in [-0.05, 0) is 86.5 Å². The largest absolute Gasteiger partial charge is 0.310 e. The molecule has 0 unspecified atom stereocenters. The lowest BCUT2D eigenvalue weighted by molar-refractivity contribution is 0.591. The van der Waals surface area contributed by atoms with E-state index in [0.29, 0.717) is 0 Å². The van der Waals surface area contributed by atoms with Crippen LogP contribution in [0.5, 0.6) is 0 Å². The molecule has 0 N–H and O–H groups in total. The summed E-state index contributed by atoms with van der Waals surface area (Å²) < 4.78 is 5.16. The minimum absolute atomic E-state index is 0.0198. The maximum Gasteiger partial charge on any atom is 0.247 e. The molecule has 50 heavy (non-hydrogen) atoms. The second-order valence-corrected chi connectivity index (χ2v) is 17.4. The van der Waals surface area contributed by atoms with Crippen molar-refractivity contribution < 1.29 is 0 Å². The fraction of sp³-hybridized carbons (Fsp3) is 0.234. The van der Waals surface area contributed by atoms with Crippen molar-refractivity contribution in [3.63, 3.8) is 0 Å². The zero-order chi connectivity index (χ0) is 34.5. The molecule has 2 nitrogen and oxygen atoms in total. The van der Waals surface area contributed by atoms with E-state index in [1.807, 2.05) is 0 Å². The van der Waals surface area contributed by atoms with E-state index in [4.69, 9.17) is 0 Å². The zero-order valence-corrected chi connectivity index (χ0v) is 30.4.